The largest absolute Gasteiger partial charge is 0.425 e. The monoisotopic (exact) mass is 607 g/mol. The number of aromatic nitrogens is 1. The predicted molar refractivity (Wildman–Crippen MR) is 182 cm³/mol. The van der Waals surface area contributed by atoms with Gasteiger partial charge in [-0.1, -0.05) is 12.8 Å². The maximum absolute atomic E-state index is 11.0. The minimum Gasteiger partial charge on any atom is -0.425 e. The average molecular weight is 607 g/mol. The lowest BCUT2D eigenvalue weighted by molar-refractivity contribution is 0.177. The Morgan fingerprint density at radius 2 is 1.12 bits per heavy atom. The van der Waals surface area contributed by atoms with Crippen molar-refractivity contribution in [1.29, 1.82) is 0 Å². The van der Waals surface area contributed by atoms with Gasteiger partial charge in [0.15, 0.2) is 5.49 Å². The summed E-state index contributed by atoms with van der Waals surface area (Å²) in [4.78, 5) is 7.21. The van der Waals surface area contributed by atoms with Gasteiger partial charge in [-0.25, -0.2) is 0 Å². The fourth-order valence-corrected chi connectivity index (χ4v) is 5.27. The normalized spacial score (nSPS) is 14.1. The molecular formula is C32H66N10O. The molecular weight excluding hydrogens is 540 g/mol. The summed E-state index contributed by atoms with van der Waals surface area (Å²) in [6.45, 7) is 13.4. The summed E-state index contributed by atoms with van der Waals surface area (Å²) in [6.07, 6.45) is 15.1. The fraction of sp³-hybridized carbons (Fsp3) is 0.844. The molecule has 1 aromatic rings. The average Bonchev–Trinajstić information content (AvgIpc) is 3.03. The summed E-state index contributed by atoms with van der Waals surface area (Å²) in [6, 6.07) is 4.12. The smallest absolute Gasteiger partial charge is 0.167 e. The van der Waals surface area contributed by atoms with Crippen molar-refractivity contribution in [1.82, 2.24) is 26.0 Å². The zero-order valence-corrected chi connectivity index (χ0v) is 27.2. The van der Waals surface area contributed by atoms with Crippen LogP contribution in [0.1, 0.15) is 83.5 Å². The van der Waals surface area contributed by atoms with E-state index in [-0.39, 0.29) is 0 Å². The molecule has 11 nitrogen and oxygen atoms in total. The number of hydrogen-bond donors (Lipinski definition) is 8. The zero-order chi connectivity index (χ0) is 30.6. The molecule has 2 rings (SSSR count). The van der Waals surface area contributed by atoms with Gasteiger partial charge in [0.2, 0.25) is 0 Å². The molecule has 10 N–H and O–H groups in total. The molecule has 250 valence electrons. The van der Waals surface area contributed by atoms with Gasteiger partial charge in [0.1, 0.15) is 5.82 Å². The van der Waals surface area contributed by atoms with Crippen LogP contribution in [0.2, 0.25) is 0 Å². The number of pyridine rings is 1. The van der Waals surface area contributed by atoms with E-state index >= 15 is 0 Å². The minimum atomic E-state index is 0.628. The molecule has 43 heavy (non-hydrogen) atoms. The first-order valence-electron chi connectivity index (χ1n) is 17.4. The van der Waals surface area contributed by atoms with Crippen molar-refractivity contribution in [3.8, 4) is 0 Å². The van der Waals surface area contributed by atoms with E-state index in [4.69, 9.17) is 16.5 Å². The number of piperidine rings is 1. The number of nitrogens with zero attached hydrogens (tertiary/aromatic N) is 3. The highest BCUT2D eigenvalue weighted by Gasteiger charge is 2.14. The van der Waals surface area contributed by atoms with Gasteiger partial charge in [-0.15, -0.1) is 0 Å². The van der Waals surface area contributed by atoms with Crippen molar-refractivity contribution in [2.75, 3.05) is 102 Å². The van der Waals surface area contributed by atoms with Gasteiger partial charge in [0, 0.05) is 44.0 Å². The maximum atomic E-state index is 11.0. The molecule has 1 aliphatic heterocycles. The van der Waals surface area contributed by atoms with Crippen LogP contribution in [0.15, 0.2) is 17.1 Å². The van der Waals surface area contributed by atoms with Crippen LogP contribution in [0.3, 0.4) is 0 Å². The number of nitrogens with two attached hydrogens (primary N) is 2. The Bertz CT molecular complexity index is 844. The van der Waals surface area contributed by atoms with Crippen LogP contribution in [0.4, 0.5) is 11.5 Å². The highest BCUT2D eigenvalue weighted by molar-refractivity contribution is 5.54. The molecule has 0 atom stereocenters. The van der Waals surface area contributed by atoms with Crippen molar-refractivity contribution in [3.05, 3.63) is 17.6 Å². The first kappa shape index (κ1) is 37.3. The first-order chi connectivity index (χ1) is 21.3. The van der Waals surface area contributed by atoms with Crippen LogP contribution < -0.4 is 48.4 Å². The topological polar surface area (TPSA) is 153 Å². The molecule has 0 unspecified atom stereocenters. The molecule has 0 amide bonds. The van der Waals surface area contributed by atoms with Crippen LogP contribution in [0, 0.1) is 0 Å². The summed E-state index contributed by atoms with van der Waals surface area (Å²) in [7, 11) is 0. The standard InChI is InChI=1S/C32H66N10O/c33-14-10-20-35-16-4-1-6-18-37-22-12-24-39-31-28-30(41-26-8-3-9-27-41)29-32(42(31)43)40-25-13-23-38-19-7-2-5-17-36-21-11-15-34/h28-29,35-39,43H,1-27,33-34H2. The van der Waals surface area contributed by atoms with E-state index in [1.165, 1.54) is 62.5 Å². The van der Waals surface area contributed by atoms with E-state index in [1.54, 1.807) is 0 Å². The van der Waals surface area contributed by atoms with Gasteiger partial charge < -0.3 is 48.2 Å². The predicted octanol–water partition coefficient (Wildman–Crippen LogP) is 2.21. The van der Waals surface area contributed by atoms with Gasteiger partial charge in [0.25, 0.3) is 0 Å². The Kier molecular flexibility index (Phi) is 23.0. The van der Waals surface area contributed by atoms with E-state index in [1.807, 2.05) is 6.07 Å². The molecule has 2 heterocycles. The molecule has 11 heteroatoms. The number of rotatable bonds is 28. The first-order valence-corrected chi connectivity index (χ1v) is 17.4. The summed E-state index contributed by atoms with van der Waals surface area (Å²) in [5.74, 6) is 0.722. The molecule has 0 aliphatic carbocycles. The van der Waals surface area contributed by atoms with Crippen LogP contribution in [-0.2, 0) is 0 Å². The Hall–Kier alpha value is -1.89. The summed E-state index contributed by atoms with van der Waals surface area (Å²) in [5, 5.41) is 28.4. The molecule has 1 fully saturated rings. The molecule has 0 radical (unpaired) electrons. The fourth-order valence-electron chi connectivity index (χ4n) is 5.27. The van der Waals surface area contributed by atoms with Crippen LogP contribution in [-0.4, -0.2) is 102 Å². The van der Waals surface area contributed by atoms with E-state index in [9.17, 15) is 5.21 Å². The van der Waals surface area contributed by atoms with Crippen LogP contribution >= 0.6 is 0 Å². The molecule has 1 aliphatic rings. The van der Waals surface area contributed by atoms with Gasteiger partial charge in [-0.3, -0.25) is 4.99 Å². The summed E-state index contributed by atoms with van der Waals surface area (Å²) < 4.78 is 1.23. The second-order valence-corrected chi connectivity index (χ2v) is 11.7. The van der Waals surface area contributed by atoms with Gasteiger partial charge in [0.05, 0.1) is 0 Å². The number of nitrogens with one attached hydrogen (secondary N) is 5. The molecule has 0 aromatic carbocycles. The second-order valence-electron chi connectivity index (χ2n) is 11.7. The number of unbranched alkanes of at least 4 members (excludes halogenated alkanes) is 4. The van der Waals surface area contributed by atoms with Gasteiger partial charge >= 0.3 is 0 Å². The highest BCUT2D eigenvalue weighted by atomic mass is 16.5. The zero-order valence-electron chi connectivity index (χ0n) is 27.2. The van der Waals surface area contributed by atoms with Gasteiger partial charge in [-0.05, 0) is 136 Å². The van der Waals surface area contributed by atoms with Crippen molar-refractivity contribution in [2.45, 2.75) is 83.5 Å². The molecule has 1 saturated heterocycles. The number of anilines is 2. The van der Waals surface area contributed by atoms with E-state index in [0.717, 1.165) is 122 Å². The Balaban J connectivity index is 1.69. The highest BCUT2D eigenvalue weighted by Crippen LogP contribution is 2.21. The molecule has 1 aromatic heterocycles. The lowest BCUT2D eigenvalue weighted by Crippen LogP contribution is -2.32. The Morgan fingerprint density at radius 3 is 1.67 bits per heavy atom. The summed E-state index contributed by atoms with van der Waals surface area (Å²) in [5.41, 5.74) is 12.8. The molecule has 0 spiro atoms. The van der Waals surface area contributed by atoms with Crippen LogP contribution in [0.25, 0.3) is 0 Å². The van der Waals surface area contributed by atoms with E-state index in [2.05, 4.69) is 37.6 Å². The van der Waals surface area contributed by atoms with E-state index in [0.29, 0.717) is 12.0 Å². The Morgan fingerprint density at radius 1 is 0.605 bits per heavy atom. The van der Waals surface area contributed by atoms with Crippen molar-refractivity contribution in [3.63, 3.8) is 0 Å². The van der Waals surface area contributed by atoms with Crippen molar-refractivity contribution in [2.24, 2.45) is 16.5 Å². The lowest BCUT2D eigenvalue weighted by atomic mass is 10.1. The SMILES string of the molecule is NCCCNCCCCCNCCCN=c1cc(N2CCCCC2)cc(NCCCNCCCCCNCCCN)n1O. The van der Waals surface area contributed by atoms with E-state index < -0.39 is 0 Å². The third-order valence-corrected chi connectivity index (χ3v) is 7.88. The van der Waals surface area contributed by atoms with Gasteiger partial charge in [-0.2, -0.15) is 4.73 Å². The molecule has 0 saturated carbocycles. The maximum Gasteiger partial charge on any atom is 0.167 e. The lowest BCUT2D eigenvalue weighted by Gasteiger charge is -2.29. The summed E-state index contributed by atoms with van der Waals surface area (Å²) >= 11 is 0. The minimum absolute atomic E-state index is 0.628. The third kappa shape index (κ3) is 18.5. The Labute approximate surface area is 262 Å². The van der Waals surface area contributed by atoms with Crippen LogP contribution in [0.5, 0.6) is 0 Å². The third-order valence-electron chi connectivity index (χ3n) is 7.88. The van der Waals surface area contributed by atoms with Crippen molar-refractivity contribution < 1.29 is 5.21 Å². The van der Waals surface area contributed by atoms with Crippen molar-refractivity contribution >= 4 is 11.5 Å². The molecule has 0 bridgehead atoms. The quantitative estimate of drug-likeness (QED) is 0.0530. The second kappa shape index (κ2) is 26.5. The number of hydrogen-bond acceptors (Lipinski definition) is 10.